The van der Waals surface area contributed by atoms with Gasteiger partial charge in [0.1, 0.15) is 11.4 Å². The lowest BCUT2D eigenvalue weighted by Crippen LogP contribution is -2.48. The monoisotopic (exact) mass is 605 g/mol. The van der Waals surface area contributed by atoms with E-state index in [1.165, 1.54) is 12.1 Å². The Hall–Kier alpha value is -2.84. The number of likely N-dealkylation sites (tertiary alicyclic amines) is 1. The average Bonchev–Trinajstić information content (AvgIpc) is 2.92. The van der Waals surface area contributed by atoms with E-state index in [1.807, 2.05) is 43.3 Å². The molecule has 0 saturated carbocycles. The standard InChI is InChI=1S/C30H30Cl2FN3O3.ClH/c1-19(20-5-3-2-4-6-20)34-28(37)23(21-7-9-25(31)26(32)17-21)11-14-36-15-12-30(13-16-36)24-18-22(33)8-10-27(24)35-29(38)39-30;/h2-10,17-19,23H,11-16H2,1H3,(H,34,37)(H,35,38);1H/t19-,23+;/m1./s1. The van der Waals surface area contributed by atoms with Gasteiger partial charge in [0.2, 0.25) is 5.91 Å². The van der Waals surface area contributed by atoms with Crippen molar-refractivity contribution in [1.82, 2.24) is 10.2 Å². The van der Waals surface area contributed by atoms with Crippen molar-refractivity contribution in [1.29, 1.82) is 0 Å². The minimum atomic E-state index is -0.859. The molecule has 2 aliphatic heterocycles. The Morgan fingerprint density at radius 1 is 1.05 bits per heavy atom. The number of nitrogens with zero attached hydrogens (tertiary/aromatic N) is 1. The first-order chi connectivity index (χ1) is 18.7. The van der Waals surface area contributed by atoms with E-state index in [0.717, 1.165) is 11.1 Å². The number of halogens is 4. The Balaban J connectivity index is 0.00000370. The first-order valence-electron chi connectivity index (χ1n) is 13.1. The smallest absolute Gasteiger partial charge is 0.412 e. The summed E-state index contributed by atoms with van der Waals surface area (Å²) in [6, 6.07) is 19.3. The first-order valence-corrected chi connectivity index (χ1v) is 13.8. The molecule has 3 aromatic rings. The van der Waals surface area contributed by atoms with Gasteiger partial charge in [0, 0.05) is 31.5 Å². The predicted octanol–water partition coefficient (Wildman–Crippen LogP) is 7.46. The molecular weight excluding hydrogens is 576 g/mol. The Kier molecular flexibility index (Phi) is 9.62. The number of amides is 2. The van der Waals surface area contributed by atoms with E-state index in [2.05, 4.69) is 15.5 Å². The molecule has 2 atom stereocenters. The topological polar surface area (TPSA) is 70.7 Å². The number of ether oxygens (including phenoxy) is 1. The summed E-state index contributed by atoms with van der Waals surface area (Å²) in [6.07, 6.45) is 1.11. The number of carbonyl (C=O) groups excluding carboxylic acids is 2. The van der Waals surface area contributed by atoms with Crippen molar-refractivity contribution in [2.75, 3.05) is 25.0 Å². The highest BCUT2D eigenvalue weighted by Crippen LogP contribution is 2.44. The first kappa shape index (κ1) is 30.1. The second-order valence-electron chi connectivity index (χ2n) is 10.2. The van der Waals surface area contributed by atoms with Crippen molar-refractivity contribution >= 4 is 53.3 Å². The van der Waals surface area contributed by atoms with Gasteiger partial charge in [0.25, 0.3) is 0 Å². The van der Waals surface area contributed by atoms with Gasteiger partial charge in [-0.3, -0.25) is 10.1 Å². The molecule has 0 aliphatic carbocycles. The fourth-order valence-corrected chi connectivity index (χ4v) is 5.82. The van der Waals surface area contributed by atoms with Crippen LogP contribution in [0.5, 0.6) is 0 Å². The molecule has 6 nitrogen and oxygen atoms in total. The highest BCUT2D eigenvalue weighted by Gasteiger charge is 2.44. The lowest BCUT2D eigenvalue weighted by molar-refractivity contribution is -0.123. The van der Waals surface area contributed by atoms with Gasteiger partial charge in [0.15, 0.2) is 0 Å². The van der Waals surface area contributed by atoms with Crippen LogP contribution < -0.4 is 10.6 Å². The highest BCUT2D eigenvalue weighted by molar-refractivity contribution is 6.42. The van der Waals surface area contributed by atoms with Gasteiger partial charge < -0.3 is 15.0 Å². The van der Waals surface area contributed by atoms with Crippen LogP contribution >= 0.6 is 35.6 Å². The zero-order valence-electron chi connectivity index (χ0n) is 22.0. The third kappa shape index (κ3) is 6.55. The van der Waals surface area contributed by atoms with Crippen molar-refractivity contribution in [3.63, 3.8) is 0 Å². The normalized spacial score (nSPS) is 17.6. The van der Waals surface area contributed by atoms with Gasteiger partial charge in [-0.1, -0.05) is 59.6 Å². The van der Waals surface area contributed by atoms with Crippen LogP contribution in [0.3, 0.4) is 0 Å². The van der Waals surface area contributed by atoms with Crippen LogP contribution in [0.25, 0.3) is 0 Å². The molecule has 1 saturated heterocycles. The van der Waals surface area contributed by atoms with Gasteiger partial charge in [-0.25, -0.2) is 9.18 Å². The zero-order chi connectivity index (χ0) is 27.6. The number of benzene rings is 3. The zero-order valence-corrected chi connectivity index (χ0v) is 24.3. The van der Waals surface area contributed by atoms with Crippen LogP contribution in [0, 0.1) is 5.82 Å². The van der Waals surface area contributed by atoms with Gasteiger partial charge in [0.05, 0.1) is 27.7 Å². The van der Waals surface area contributed by atoms with E-state index in [-0.39, 0.29) is 30.2 Å². The summed E-state index contributed by atoms with van der Waals surface area (Å²) in [5, 5.41) is 6.66. The SMILES string of the molecule is C[C@@H](NC(=O)[C@@H](CCN1CCC2(CC1)OC(=O)Nc1ccc(F)cc12)c1ccc(Cl)c(Cl)c1)c1ccccc1.Cl. The van der Waals surface area contributed by atoms with Crippen LogP contribution in [0.1, 0.15) is 54.8 Å². The molecule has 0 bridgehead atoms. The summed E-state index contributed by atoms with van der Waals surface area (Å²) in [5.74, 6) is -0.890. The summed E-state index contributed by atoms with van der Waals surface area (Å²) in [6.45, 7) is 3.89. The van der Waals surface area contributed by atoms with Crippen molar-refractivity contribution in [3.8, 4) is 0 Å². The van der Waals surface area contributed by atoms with Crippen molar-refractivity contribution in [2.24, 2.45) is 0 Å². The summed E-state index contributed by atoms with van der Waals surface area (Å²) >= 11 is 12.5. The maximum atomic E-state index is 14.1. The highest BCUT2D eigenvalue weighted by atomic mass is 35.5. The molecule has 10 heteroatoms. The minimum absolute atomic E-state index is 0. The van der Waals surface area contributed by atoms with Gasteiger partial charge in [-0.2, -0.15) is 0 Å². The Morgan fingerprint density at radius 2 is 1.77 bits per heavy atom. The van der Waals surface area contributed by atoms with Gasteiger partial charge in [-0.05, 0) is 61.3 Å². The summed E-state index contributed by atoms with van der Waals surface area (Å²) < 4.78 is 19.8. The summed E-state index contributed by atoms with van der Waals surface area (Å²) in [5.41, 5.74) is 2.22. The molecule has 0 aromatic heterocycles. The Morgan fingerprint density at radius 3 is 2.48 bits per heavy atom. The van der Waals surface area contributed by atoms with E-state index in [9.17, 15) is 14.0 Å². The lowest BCUT2D eigenvalue weighted by atomic mass is 9.82. The molecule has 212 valence electrons. The molecule has 1 fully saturated rings. The average molecular weight is 607 g/mol. The van der Waals surface area contributed by atoms with Crippen molar-refractivity contribution in [2.45, 2.75) is 43.7 Å². The molecule has 2 amide bonds. The van der Waals surface area contributed by atoms with E-state index in [4.69, 9.17) is 27.9 Å². The Bertz CT molecular complexity index is 1370. The van der Waals surface area contributed by atoms with Crippen LogP contribution in [0.15, 0.2) is 66.7 Å². The molecular formula is C30H31Cl3FN3O3. The number of anilines is 1. The number of rotatable bonds is 7. The number of fused-ring (bicyclic) bond motifs is 2. The van der Waals surface area contributed by atoms with E-state index in [1.54, 1.807) is 18.2 Å². The summed E-state index contributed by atoms with van der Waals surface area (Å²) in [4.78, 5) is 28.0. The van der Waals surface area contributed by atoms with Crippen LogP contribution in [-0.2, 0) is 15.1 Å². The number of hydrogen-bond donors (Lipinski definition) is 2. The van der Waals surface area contributed by atoms with E-state index < -0.39 is 17.6 Å². The van der Waals surface area contributed by atoms with E-state index in [0.29, 0.717) is 60.2 Å². The fourth-order valence-electron chi connectivity index (χ4n) is 5.51. The molecule has 2 heterocycles. The van der Waals surface area contributed by atoms with Gasteiger partial charge in [-0.15, -0.1) is 12.4 Å². The molecule has 5 rings (SSSR count). The number of carbonyl (C=O) groups is 2. The molecule has 0 radical (unpaired) electrons. The molecule has 40 heavy (non-hydrogen) atoms. The quantitative estimate of drug-likeness (QED) is 0.293. The molecule has 2 N–H and O–H groups in total. The predicted molar refractivity (Wildman–Crippen MR) is 158 cm³/mol. The second kappa shape index (κ2) is 12.8. The third-order valence-electron chi connectivity index (χ3n) is 7.72. The van der Waals surface area contributed by atoms with E-state index >= 15 is 0 Å². The van der Waals surface area contributed by atoms with Gasteiger partial charge >= 0.3 is 6.09 Å². The van der Waals surface area contributed by atoms with Crippen molar-refractivity contribution in [3.05, 3.63) is 99.3 Å². The van der Waals surface area contributed by atoms with Crippen LogP contribution in [0.2, 0.25) is 10.0 Å². The Labute approximate surface area is 249 Å². The van der Waals surface area contributed by atoms with Crippen LogP contribution in [0.4, 0.5) is 14.9 Å². The number of hydrogen-bond acceptors (Lipinski definition) is 4. The van der Waals surface area contributed by atoms with Crippen molar-refractivity contribution < 1.29 is 18.7 Å². The maximum absolute atomic E-state index is 14.1. The molecule has 1 spiro atoms. The summed E-state index contributed by atoms with van der Waals surface area (Å²) in [7, 11) is 0. The largest absolute Gasteiger partial charge is 0.438 e. The molecule has 0 unspecified atom stereocenters. The maximum Gasteiger partial charge on any atom is 0.412 e. The second-order valence-corrected chi connectivity index (χ2v) is 11.0. The third-order valence-corrected chi connectivity index (χ3v) is 8.45. The van der Waals surface area contributed by atoms with Crippen LogP contribution in [-0.4, -0.2) is 36.5 Å². The minimum Gasteiger partial charge on any atom is -0.438 e. The number of nitrogens with one attached hydrogen (secondary N) is 2. The molecule has 2 aliphatic rings. The fraction of sp³-hybridized carbons (Fsp3) is 0.333. The molecule has 3 aromatic carbocycles. The lowest BCUT2D eigenvalue weighted by Gasteiger charge is -2.44. The number of piperidine rings is 1.